The van der Waals surface area contributed by atoms with Crippen LogP contribution in [0.2, 0.25) is 0 Å². The molecule has 2 atom stereocenters. The van der Waals surface area contributed by atoms with Gasteiger partial charge in [-0.3, -0.25) is 14.5 Å². The molecule has 2 heterocycles. The van der Waals surface area contributed by atoms with Crippen LogP contribution < -0.4 is 10.6 Å². The van der Waals surface area contributed by atoms with Crippen LogP contribution in [0, 0.1) is 23.0 Å². The monoisotopic (exact) mass is 550 g/mol. The molecule has 2 unspecified atom stereocenters. The standard InChI is InChI=1S/C29H32F2N6O3/c1-2-37(27-26(33-19-38)25(34-28(40)35-27)22-11-10-21(30)17-23(22)31)24(39)9-6-14-36-15-12-29(18-32,13-16-36)20-7-4-3-5-8-20/h3-5,7-8,10-11,17,19,25-26H,2,6,9,12-16H2,1H3,(H,33,38)(H,34,40). The summed E-state index contributed by atoms with van der Waals surface area (Å²) in [5.41, 5.74) is 0.479. The van der Waals surface area contributed by atoms with E-state index >= 15 is 0 Å². The molecule has 2 aliphatic rings. The highest BCUT2D eigenvalue weighted by atomic mass is 19.1. The van der Waals surface area contributed by atoms with Gasteiger partial charge in [0.15, 0.2) is 0 Å². The van der Waals surface area contributed by atoms with Crippen LogP contribution >= 0.6 is 0 Å². The highest BCUT2D eigenvalue weighted by Gasteiger charge is 2.39. The van der Waals surface area contributed by atoms with Crippen molar-refractivity contribution in [3.8, 4) is 6.07 Å². The van der Waals surface area contributed by atoms with Crippen molar-refractivity contribution in [2.45, 2.75) is 50.1 Å². The second-order valence-electron chi connectivity index (χ2n) is 9.97. The van der Waals surface area contributed by atoms with Gasteiger partial charge in [-0.25, -0.2) is 13.6 Å². The minimum atomic E-state index is -1.09. The molecule has 0 spiro atoms. The van der Waals surface area contributed by atoms with Crippen LogP contribution in [-0.4, -0.2) is 66.2 Å². The van der Waals surface area contributed by atoms with Crippen molar-refractivity contribution >= 4 is 24.2 Å². The van der Waals surface area contributed by atoms with E-state index in [0.29, 0.717) is 38.3 Å². The van der Waals surface area contributed by atoms with E-state index in [1.807, 2.05) is 30.3 Å². The number of amidine groups is 1. The van der Waals surface area contributed by atoms with Gasteiger partial charge < -0.3 is 15.5 Å². The molecule has 4 rings (SSSR count). The third-order valence-corrected chi connectivity index (χ3v) is 7.66. The van der Waals surface area contributed by atoms with Gasteiger partial charge in [0.05, 0.1) is 17.5 Å². The topological polar surface area (TPSA) is 118 Å². The number of rotatable bonds is 9. The van der Waals surface area contributed by atoms with Gasteiger partial charge in [0.2, 0.25) is 12.3 Å². The van der Waals surface area contributed by atoms with E-state index in [1.165, 1.54) is 11.0 Å². The zero-order valence-corrected chi connectivity index (χ0v) is 22.3. The molecule has 0 aromatic heterocycles. The predicted molar refractivity (Wildman–Crippen MR) is 144 cm³/mol. The Kier molecular flexibility index (Phi) is 9.22. The maximum atomic E-state index is 14.6. The molecule has 0 saturated carbocycles. The molecular formula is C29H32F2N6O3. The zero-order valence-electron chi connectivity index (χ0n) is 22.3. The largest absolute Gasteiger partial charge is 0.346 e. The number of nitrogens with one attached hydrogen (secondary N) is 2. The van der Waals surface area contributed by atoms with E-state index in [-0.39, 0.29) is 30.3 Å². The Morgan fingerprint density at radius 3 is 2.60 bits per heavy atom. The van der Waals surface area contributed by atoms with E-state index in [9.17, 15) is 28.4 Å². The number of likely N-dealkylation sites (N-methyl/N-ethyl adjacent to an activating group) is 1. The first-order chi connectivity index (χ1) is 19.3. The minimum Gasteiger partial charge on any atom is -0.346 e. The van der Waals surface area contributed by atoms with Crippen molar-refractivity contribution in [3.05, 3.63) is 71.3 Å². The van der Waals surface area contributed by atoms with Crippen LogP contribution in [0.15, 0.2) is 53.5 Å². The molecule has 2 aromatic carbocycles. The van der Waals surface area contributed by atoms with Crippen LogP contribution in [-0.2, 0) is 15.0 Å². The smallest absolute Gasteiger partial charge is 0.343 e. The van der Waals surface area contributed by atoms with Crippen molar-refractivity contribution in [2.24, 2.45) is 4.99 Å². The van der Waals surface area contributed by atoms with Gasteiger partial charge in [0.25, 0.3) is 0 Å². The van der Waals surface area contributed by atoms with Gasteiger partial charge in [0, 0.05) is 24.6 Å². The van der Waals surface area contributed by atoms with Gasteiger partial charge in [-0.1, -0.05) is 36.4 Å². The molecule has 9 nitrogen and oxygen atoms in total. The van der Waals surface area contributed by atoms with E-state index in [4.69, 9.17) is 0 Å². The lowest BCUT2D eigenvalue weighted by Gasteiger charge is -2.38. The van der Waals surface area contributed by atoms with E-state index in [2.05, 4.69) is 26.6 Å². The second-order valence-corrected chi connectivity index (χ2v) is 9.97. The fraction of sp³-hybridized carbons (Fsp3) is 0.414. The van der Waals surface area contributed by atoms with Crippen LogP contribution in [0.25, 0.3) is 0 Å². The number of amides is 4. The van der Waals surface area contributed by atoms with Crippen LogP contribution in [0.5, 0.6) is 0 Å². The normalized spacial score (nSPS) is 20.6. The first-order valence-electron chi connectivity index (χ1n) is 13.3. The highest BCUT2D eigenvalue weighted by molar-refractivity contribution is 6.08. The van der Waals surface area contributed by atoms with E-state index < -0.39 is 35.2 Å². The van der Waals surface area contributed by atoms with Gasteiger partial charge in [0.1, 0.15) is 23.5 Å². The third kappa shape index (κ3) is 6.18. The number of benzene rings is 2. The molecule has 0 aliphatic carbocycles. The molecular weight excluding hydrogens is 518 g/mol. The number of halogens is 2. The van der Waals surface area contributed by atoms with Crippen LogP contribution in [0.1, 0.15) is 49.8 Å². The van der Waals surface area contributed by atoms with Crippen LogP contribution in [0.4, 0.5) is 13.6 Å². The molecule has 2 aromatic rings. The van der Waals surface area contributed by atoms with Crippen molar-refractivity contribution in [1.29, 1.82) is 5.26 Å². The van der Waals surface area contributed by atoms with E-state index in [1.54, 1.807) is 6.92 Å². The van der Waals surface area contributed by atoms with Gasteiger partial charge in [-0.15, -0.1) is 0 Å². The lowest BCUT2D eigenvalue weighted by atomic mass is 9.74. The Bertz CT molecular complexity index is 1300. The number of carbonyl (C=O) groups excluding carboxylic acids is 3. The number of hydrogen-bond donors (Lipinski definition) is 2. The summed E-state index contributed by atoms with van der Waals surface area (Å²) < 4.78 is 28.1. The van der Waals surface area contributed by atoms with Gasteiger partial charge in [-0.2, -0.15) is 10.3 Å². The molecule has 40 heavy (non-hydrogen) atoms. The quantitative estimate of drug-likeness (QED) is 0.464. The molecule has 4 amide bonds. The SMILES string of the molecule is CCN(C(=O)CCCN1CCC(C#N)(c2ccccc2)CC1)C1=NC(=O)NC(c2ccc(F)cc2F)C1NC=O. The minimum absolute atomic E-state index is 0.00304. The second kappa shape index (κ2) is 12.8. The average molecular weight is 551 g/mol. The van der Waals surface area contributed by atoms with Crippen LogP contribution in [0.3, 0.4) is 0 Å². The lowest BCUT2D eigenvalue weighted by Crippen LogP contribution is -2.58. The fourth-order valence-corrected chi connectivity index (χ4v) is 5.49. The number of hydrogen-bond acceptors (Lipinski definition) is 5. The Hall–Kier alpha value is -4.17. The summed E-state index contributed by atoms with van der Waals surface area (Å²) in [6.07, 6.45) is 2.50. The zero-order chi connectivity index (χ0) is 28.7. The molecule has 0 bridgehead atoms. The first kappa shape index (κ1) is 28.8. The Labute approximate surface area is 231 Å². The predicted octanol–water partition coefficient (Wildman–Crippen LogP) is 3.43. The molecule has 2 aliphatic heterocycles. The Morgan fingerprint density at radius 2 is 1.98 bits per heavy atom. The number of aliphatic imine (C=N–C) groups is 1. The summed E-state index contributed by atoms with van der Waals surface area (Å²) in [4.78, 5) is 44.7. The maximum absolute atomic E-state index is 14.6. The Morgan fingerprint density at radius 1 is 1.25 bits per heavy atom. The number of piperidine rings is 1. The number of likely N-dealkylation sites (tertiary alicyclic amines) is 1. The van der Waals surface area contributed by atoms with Crippen molar-refractivity contribution in [2.75, 3.05) is 26.2 Å². The molecule has 2 N–H and O–H groups in total. The fourth-order valence-electron chi connectivity index (χ4n) is 5.49. The summed E-state index contributed by atoms with van der Waals surface area (Å²) in [7, 11) is 0. The summed E-state index contributed by atoms with van der Waals surface area (Å²) in [6, 6.07) is 12.3. The molecule has 1 saturated heterocycles. The van der Waals surface area contributed by atoms with Crippen molar-refractivity contribution in [3.63, 3.8) is 0 Å². The van der Waals surface area contributed by atoms with Crippen molar-refractivity contribution in [1.82, 2.24) is 20.4 Å². The van der Waals surface area contributed by atoms with Gasteiger partial charge >= 0.3 is 6.03 Å². The highest BCUT2D eigenvalue weighted by Crippen LogP contribution is 2.35. The third-order valence-electron chi connectivity index (χ3n) is 7.66. The number of urea groups is 1. The summed E-state index contributed by atoms with van der Waals surface area (Å²) in [6.45, 7) is 4.01. The first-order valence-corrected chi connectivity index (χ1v) is 13.3. The molecule has 0 radical (unpaired) electrons. The van der Waals surface area contributed by atoms with E-state index in [0.717, 1.165) is 24.7 Å². The lowest BCUT2D eigenvalue weighted by molar-refractivity contribution is -0.127. The number of nitrogens with zero attached hydrogens (tertiary/aromatic N) is 4. The number of carbonyl (C=O) groups is 3. The Balaban J connectivity index is 1.40. The number of nitriles is 1. The van der Waals surface area contributed by atoms with Crippen molar-refractivity contribution < 1.29 is 23.2 Å². The molecule has 11 heteroatoms. The molecule has 210 valence electrons. The average Bonchev–Trinajstić information content (AvgIpc) is 2.96. The maximum Gasteiger partial charge on any atom is 0.343 e. The summed E-state index contributed by atoms with van der Waals surface area (Å²) >= 11 is 0. The summed E-state index contributed by atoms with van der Waals surface area (Å²) in [5, 5.41) is 15.0. The summed E-state index contributed by atoms with van der Waals surface area (Å²) in [5.74, 6) is -1.97. The van der Waals surface area contributed by atoms with Gasteiger partial charge in [-0.05, 0) is 57.5 Å². The molecule has 1 fully saturated rings.